The summed E-state index contributed by atoms with van der Waals surface area (Å²) in [7, 11) is 4.97. The third kappa shape index (κ3) is 3.31. The highest BCUT2D eigenvalue weighted by molar-refractivity contribution is 5.97. The number of carbonyl (C=O) groups is 1. The Morgan fingerprint density at radius 1 is 1.25 bits per heavy atom. The van der Waals surface area contributed by atoms with Crippen LogP contribution in [-0.4, -0.2) is 44.8 Å². The van der Waals surface area contributed by atoms with Crippen molar-refractivity contribution < 1.29 is 9.90 Å². The largest absolute Gasteiger partial charge is 0.504 e. The summed E-state index contributed by atoms with van der Waals surface area (Å²) < 4.78 is 1.83. The highest BCUT2D eigenvalue weighted by atomic mass is 16.3. The number of hydrogen-bond acceptors (Lipinski definition) is 8. The van der Waals surface area contributed by atoms with Crippen molar-refractivity contribution >= 4 is 23.0 Å². The number of nitrogens with one attached hydrogen (secondary N) is 2. The summed E-state index contributed by atoms with van der Waals surface area (Å²) in [5.74, 6) is -0.875. The molecule has 0 spiro atoms. The molecule has 0 bridgehead atoms. The van der Waals surface area contributed by atoms with Crippen LogP contribution in [0.2, 0.25) is 0 Å². The van der Waals surface area contributed by atoms with E-state index in [0.29, 0.717) is 0 Å². The molecule has 1 unspecified atom stereocenters. The van der Waals surface area contributed by atoms with E-state index in [0.717, 1.165) is 24.1 Å². The molecule has 1 aliphatic rings. The Bertz CT molecular complexity index is 1280. The van der Waals surface area contributed by atoms with Gasteiger partial charge in [0.1, 0.15) is 11.4 Å². The molecule has 2 aromatic heterocycles. The number of amides is 1. The van der Waals surface area contributed by atoms with Gasteiger partial charge in [-0.2, -0.15) is 5.10 Å². The first kappa shape index (κ1) is 21.5. The number of carbonyl (C=O) groups excluding carboxylic acids is 1. The lowest BCUT2D eigenvalue weighted by atomic mass is 9.72. The number of nitrogens with zero attached hydrogens (tertiary/aromatic N) is 4. The summed E-state index contributed by atoms with van der Waals surface area (Å²) in [5, 5.41) is 21.0. The van der Waals surface area contributed by atoms with Gasteiger partial charge in [-0.25, -0.2) is 4.98 Å². The van der Waals surface area contributed by atoms with Crippen LogP contribution in [0, 0.1) is 5.41 Å². The average molecular weight is 438 g/mol. The fourth-order valence-electron chi connectivity index (χ4n) is 4.16. The molecule has 1 aromatic carbocycles. The van der Waals surface area contributed by atoms with Gasteiger partial charge >= 0.3 is 0 Å². The molecule has 168 valence electrons. The quantitative estimate of drug-likeness (QED) is 0.513. The van der Waals surface area contributed by atoms with Crippen molar-refractivity contribution in [3.05, 3.63) is 55.9 Å². The number of aryl methyl sites for hydroxylation is 1. The maximum Gasteiger partial charge on any atom is 0.275 e. The maximum atomic E-state index is 12.4. The Morgan fingerprint density at radius 3 is 2.62 bits per heavy atom. The van der Waals surface area contributed by atoms with Crippen LogP contribution in [0.1, 0.15) is 48.1 Å². The smallest absolute Gasteiger partial charge is 0.275 e. The number of fused-ring (bicyclic) bond motifs is 1. The van der Waals surface area contributed by atoms with E-state index >= 15 is 0 Å². The van der Waals surface area contributed by atoms with Crippen molar-refractivity contribution in [2.45, 2.75) is 32.7 Å². The average Bonchev–Trinajstić information content (AvgIpc) is 3.12. The SMILES string of the molecule is CN(C)C(=O)c1nccc(Nc2c(NC3c4cnn(C)c4CCC3(C)C)c(=O)c2=O)c1O. The van der Waals surface area contributed by atoms with Crippen molar-refractivity contribution in [2.24, 2.45) is 12.5 Å². The summed E-state index contributed by atoms with van der Waals surface area (Å²) in [6.45, 7) is 4.21. The Morgan fingerprint density at radius 2 is 1.94 bits per heavy atom. The van der Waals surface area contributed by atoms with Gasteiger partial charge in [-0.15, -0.1) is 0 Å². The minimum absolute atomic E-state index is 0.0477. The molecule has 0 radical (unpaired) electrons. The van der Waals surface area contributed by atoms with Crippen LogP contribution >= 0.6 is 0 Å². The second-order valence-electron chi connectivity index (χ2n) is 9.02. The summed E-state index contributed by atoms with van der Waals surface area (Å²) in [5.41, 5.74) is 0.751. The molecule has 2 heterocycles. The first-order chi connectivity index (χ1) is 15.0. The predicted octanol–water partition coefficient (Wildman–Crippen LogP) is 1.69. The lowest BCUT2D eigenvalue weighted by Gasteiger charge is -2.40. The zero-order valence-electron chi connectivity index (χ0n) is 18.7. The van der Waals surface area contributed by atoms with Crippen LogP contribution in [0.25, 0.3) is 0 Å². The van der Waals surface area contributed by atoms with E-state index < -0.39 is 22.5 Å². The van der Waals surface area contributed by atoms with E-state index in [1.165, 1.54) is 17.2 Å². The van der Waals surface area contributed by atoms with E-state index in [9.17, 15) is 19.5 Å². The zero-order chi connectivity index (χ0) is 23.4. The molecule has 1 amide bonds. The first-order valence-electron chi connectivity index (χ1n) is 10.3. The molecule has 0 fully saturated rings. The van der Waals surface area contributed by atoms with E-state index in [1.54, 1.807) is 20.3 Å². The van der Waals surface area contributed by atoms with Crippen molar-refractivity contribution in [2.75, 3.05) is 24.7 Å². The molecule has 1 atom stereocenters. The number of rotatable bonds is 5. The lowest BCUT2D eigenvalue weighted by molar-refractivity contribution is 0.0819. The highest BCUT2D eigenvalue weighted by Gasteiger charge is 2.39. The third-order valence-electron chi connectivity index (χ3n) is 6.18. The van der Waals surface area contributed by atoms with Crippen LogP contribution in [-0.2, 0) is 13.5 Å². The van der Waals surface area contributed by atoms with E-state index in [2.05, 4.69) is 34.6 Å². The Balaban J connectivity index is 1.68. The number of aromatic hydroxyl groups is 1. The molecule has 1 aliphatic carbocycles. The number of aromatic nitrogens is 3. The van der Waals surface area contributed by atoms with Crippen LogP contribution < -0.4 is 21.5 Å². The molecule has 10 nitrogen and oxygen atoms in total. The minimum atomic E-state index is -0.691. The number of anilines is 3. The van der Waals surface area contributed by atoms with Crippen LogP contribution in [0.3, 0.4) is 0 Å². The molecule has 0 saturated carbocycles. The standard InChI is InChI=1S/C22H26N6O4/c1-22(2)8-6-13-11(10-24-28(13)5)20(22)26-15-14(18(30)19(15)31)25-12-7-9-23-16(17(12)29)21(32)27(3)4/h7,9-10,20,26,29H,6,8H2,1-5H3,(H,23,25). The third-order valence-corrected chi connectivity index (χ3v) is 6.18. The van der Waals surface area contributed by atoms with Crippen LogP contribution in [0.5, 0.6) is 5.75 Å². The molecule has 4 rings (SSSR count). The first-order valence-corrected chi connectivity index (χ1v) is 10.3. The zero-order valence-corrected chi connectivity index (χ0v) is 18.7. The fourth-order valence-corrected chi connectivity index (χ4v) is 4.16. The molecule has 10 heteroatoms. The number of pyridine rings is 1. The van der Waals surface area contributed by atoms with Crippen molar-refractivity contribution in [1.29, 1.82) is 0 Å². The normalized spacial score (nSPS) is 17.1. The van der Waals surface area contributed by atoms with Crippen LogP contribution in [0.4, 0.5) is 17.1 Å². The molecule has 3 aromatic rings. The summed E-state index contributed by atoms with van der Waals surface area (Å²) in [6, 6.07) is 1.22. The molecular formula is C22H26N6O4. The Labute approximate surface area is 184 Å². The second-order valence-corrected chi connectivity index (χ2v) is 9.02. The van der Waals surface area contributed by atoms with Gasteiger partial charge in [-0.1, -0.05) is 13.8 Å². The molecule has 32 heavy (non-hydrogen) atoms. The van der Waals surface area contributed by atoms with Gasteiger partial charge < -0.3 is 20.6 Å². The Hall–Kier alpha value is -3.69. The molecule has 0 aliphatic heterocycles. The molecule has 0 saturated heterocycles. The lowest BCUT2D eigenvalue weighted by Crippen LogP contribution is -2.41. The van der Waals surface area contributed by atoms with Crippen molar-refractivity contribution in [1.82, 2.24) is 19.7 Å². The number of hydrogen-bond donors (Lipinski definition) is 3. The van der Waals surface area contributed by atoms with Gasteiger partial charge in [0, 0.05) is 38.6 Å². The van der Waals surface area contributed by atoms with E-state index in [1.807, 2.05) is 11.7 Å². The highest BCUT2D eigenvalue weighted by Crippen LogP contribution is 2.45. The Kier molecular flexibility index (Phi) is 5.03. The molecular weight excluding hydrogens is 412 g/mol. The van der Waals surface area contributed by atoms with Crippen LogP contribution in [0.15, 0.2) is 28.0 Å². The minimum Gasteiger partial charge on any atom is -0.504 e. The van der Waals surface area contributed by atoms with Gasteiger partial charge in [0.05, 0.1) is 17.9 Å². The van der Waals surface area contributed by atoms with Gasteiger partial charge in [0.2, 0.25) is 0 Å². The van der Waals surface area contributed by atoms with Gasteiger partial charge in [-0.3, -0.25) is 19.1 Å². The van der Waals surface area contributed by atoms with Gasteiger partial charge in [0.15, 0.2) is 11.4 Å². The predicted molar refractivity (Wildman–Crippen MR) is 120 cm³/mol. The van der Waals surface area contributed by atoms with E-state index in [-0.39, 0.29) is 34.2 Å². The van der Waals surface area contributed by atoms with Gasteiger partial charge in [0.25, 0.3) is 16.8 Å². The summed E-state index contributed by atoms with van der Waals surface area (Å²) in [4.78, 5) is 42.3. The summed E-state index contributed by atoms with van der Waals surface area (Å²) >= 11 is 0. The van der Waals surface area contributed by atoms with Crippen molar-refractivity contribution in [3.63, 3.8) is 0 Å². The summed E-state index contributed by atoms with van der Waals surface area (Å²) in [6.07, 6.45) is 4.90. The fraction of sp³-hybridized carbons (Fsp3) is 0.409. The monoisotopic (exact) mass is 438 g/mol. The van der Waals surface area contributed by atoms with Gasteiger partial charge in [-0.05, 0) is 24.3 Å². The van der Waals surface area contributed by atoms with E-state index in [4.69, 9.17) is 0 Å². The molecule has 3 N–H and O–H groups in total. The maximum absolute atomic E-state index is 12.4. The topological polar surface area (TPSA) is 129 Å². The second kappa shape index (κ2) is 7.47. The van der Waals surface area contributed by atoms with Crippen molar-refractivity contribution in [3.8, 4) is 5.75 Å².